The van der Waals surface area contributed by atoms with Crippen molar-refractivity contribution in [2.45, 2.75) is 39.7 Å². The molecule has 2 atom stereocenters. The van der Waals surface area contributed by atoms with Crippen molar-refractivity contribution in [2.75, 3.05) is 26.2 Å². The lowest BCUT2D eigenvalue weighted by Crippen LogP contribution is -2.43. The maximum atomic E-state index is 12.2. The molecule has 5 heteroatoms. The Hall–Kier alpha value is -1.07. The number of rotatable bonds is 6. The first-order chi connectivity index (χ1) is 11.0. The third kappa shape index (κ3) is 5.81. The molecule has 128 valence electrons. The number of piperidine rings is 1. The van der Waals surface area contributed by atoms with Crippen LogP contribution in [0, 0.1) is 12.8 Å². The smallest absolute Gasteiger partial charge is 0.260 e. The molecular formula is C18H27BrN2O2. The molecule has 2 unspecified atom stereocenters. The Balaban J connectivity index is 1.74. The number of halogens is 1. The van der Waals surface area contributed by atoms with Crippen LogP contribution in [0.3, 0.4) is 0 Å². The van der Waals surface area contributed by atoms with E-state index in [9.17, 15) is 4.79 Å². The lowest BCUT2D eigenvalue weighted by atomic mass is 10.0. The second kappa shape index (κ2) is 8.69. The number of hydrogen-bond acceptors (Lipinski definition) is 3. The van der Waals surface area contributed by atoms with Gasteiger partial charge in [0.25, 0.3) is 5.91 Å². The SMILES string of the molecule is Cc1ccc(OC(C)C(=O)NCCN2CCCC(C)C2)c(Br)c1. The van der Waals surface area contributed by atoms with Crippen LogP contribution in [-0.4, -0.2) is 43.1 Å². The van der Waals surface area contributed by atoms with Crippen molar-refractivity contribution in [1.82, 2.24) is 10.2 Å². The number of likely N-dealkylation sites (tertiary alicyclic amines) is 1. The number of amides is 1. The molecule has 1 aromatic rings. The Morgan fingerprint density at radius 2 is 2.30 bits per heavy atom. The van der Waals surface area contributed by atoms with Gasteiger partial charge in [-0.25, -0.2) is 0 Å². The van der Waals surface area contributed by atoms with Crippen LogP contribution in [0.25, 0.3) is 0 Å². The topological polar surface area (TPSA) is 41.6 Å². The van der Waals surface area contributed by atoms with Crippen LogP contribution < -0.4 is 10.1 Å². The third-order valence-electron chi connectivity index (χ3n) is 4.23. The van der Waals surface area contributed by atoms with Gasteiger partial charge in [-0.05, 0) is 72.8 Å². The summed E-state index contributed by atoms with van der Waals surface area (Å²) in [4.78, 5) is 14.6. The van der Waals surface area contributed by atoms with E-state index in [-0.39, 0.29) is 5.91 Å². The highest BCUT2D eigenvalue weighted by atomic mass is 79.9. The van der Waals surface area contributed by atoms with E-state index in [1.807, 2.05) is 25.1 Å². The second-order valence-corrected chi connectivity index (χ2v) is 7.39. The molecule has 1 aromatic carbocycles. The summed E-state index contributed by atoms with van der Waals surface area (Å²) < 4.78 is 6.62. The van der Waals surface area contributed by atoms with E-state index < -0.39 is 6.10 Å². The van der Waals surface area contributed by atoms with Crippen LogP contribution in [0.15, 0.2) is 22.7 Å². The largest absolute Gasteiger partial charge is 0.480 e. The first-order valence-electron chi connectivity index (χ1n) is 8.38. The third-order valence-corrected chi connectivity index (χ3v) is 4.85. The minimum atomic E-state index is -0.505. The predicted octanol–water partition coefficient (Wildman–Crippen LogP) is 3.37. The van der Waals surface area contributed by atoms with Gasteiger partial charge in [-0.3, -0.25) is 4.79 Å². The van der Waals surface area contributed by atoms with E-state index in [1.54, 1.807) is 6.92 Å². The van der Waals surface area contributed by atoms with Gasteiger partial charge in [-0.15, -0.1) is 0 Å². The van der Waals surface area contributed by atoms with Crippen LogP contribution in [0.2, 0.25) is 0 Å². The zero-order valence-corrected chi connectivity index (χ0v) is 15.9. The molecule has 1 aliphatic rings. The van der Waals surface area contributed by atoms with Crippen LogP contribution in [0.4, 0.5) is 0 Å². The Morgan fingerprint density at radius 3 is 3.00 bits per heavy atom. The maximum Gasteiger partial charge on any atom is 0.260 e. The highest BCUT2D eigenvalue weighted by Gasteiger charge is 2.18. The van der Waals surface area contributed by atoms with Crippen molar-refractivity contribution in [2.24, 2.45) is 5.92 Å². The number of hydrogen-bond donors (Lipinski definition) is 1. The number of benzene rings is 1. The van der Waals surface area contributed by atoms with Crippen LogP contribution >= 0.6 is 15.9 Å². The van der Waals surface area contributed by atoms with Gasteiger partial charge in [-0.1, -0.05) is 13.0 Å². The molecule has 1 heterocycles. The Kier molecular flexibility index (Phi) is 6.90. The first-order valence-corrected chi connectivity index (χ1v) is 9.18. The zero-order chi connectivity index (χ0) is 16.8. The molecule has 0 spiro atoms. The normalized spacial score (nSPS) is 20.1. The van der Waals surface area contributed by atoms with Crippen LogP contribution in [-0.2, 0) is 4.79 Å². The van der Waals surface area contributed by atoms with Gasteiger partial charge in [-0.2, -0.15) is 0 Å². The van der Waals surface area contributed by atoms with E-state index in [0.717, 1.165) is 35.6 Å². The van der Waals surface area contributed by atoms with Gasteiger partial charge in [0.1, 0.15) is 5.75 Å². The summed E-state index contributed by atoms with van der Waals surface area (Å²) in [5.41, 5.74) is 1.15. The molecule has 1 aliphatic heterocycles. The summed E-state index contributed by atoms with van der Waals surface area (Å²) in [5.74, 6) is 1.39. The Morgan fingerprint density at radius 1 is 1.52 bits per heavy atom. The van der Waals surface area contributed by atoms with Crippen LogP contribution in [0.1, 0.15) is 32.3 Å². The summed E-state index contributed by atoms with van der Waals surface area (Å²) in [6.45, 7) is 9.96. The van der Waals surface area contributed by atoms with Gasteiger partial charge >= 0.3 is 0 Å². The predicted molar refractivity (Wildman–Crippen MR) is 96.8 cm³/mol. The summed E-state index contributed by atoms with van der Waals surface area (Å²) in [7, 11) is 0. The summed E-state index contributed by atoms with van der Waals surface area (Å²) in [5, 5.41) is 2.97. The average molecular weight is 383 g/mol. The fraction of sp³-hybridized carbons (Fsp3) is 0.611. The summed E-state index contributed by atoms with van der Waals surface area (Å²) in [6.07, 6.45) is 2.07. The minimum absolute atomic E-state index is 0.0671. The lowest BCUT2D eigenvalue weighted by Gasteiger charge is -2.30. The average Bonchev–Trinajstić information content (AvgIpc) is 2.50. The molecule has 0 saturated carbocycles. The van der Waals surface area contributed by atoms with Crippen molar-refractivity contribution in [3.05, 3.63) is 28.2 Å². The molecule has 1 amide bonds. The summed E-state index contributed by atoms with van der Waals surface area (Å²) >= 11 is 3.47. The van der Waals surface area contributed by atoms with Crippen molar-refractivity contribution < 1.29 is 9.53 Å². The van der Waals surface area contributed by atoms with E-state index in [1.165, 1.54) is 12.8 Å². The minimum Gasteiger partial charge on any atom is -0.480 e. The number of ether oxygens (including phenoxy) is 1. The monoisotopic (exact) mass is 382 g/mol. The lowest BCUT2D eigenvalue weighted by molar-refractivity contribution is -0.127. The van der Waals surface area contributed by atoms with Crippen molar-refractivity contribution >= 4 is 21.8 Å². The van der Waals surface area contributed by atoms with Gasteiger partial charge < -0.3 is 15.0 Å². The van der Waals surface area contributed by atoms with E-state index >= 15 is 0 Å². The standard InChI is InChI=1S/C18H27BrN2O2/c1-13-6-7-17(16(19)11-13)23-15(3)18(22)20-8-10-21-9-4-5-14(2)12-21/h6-7,11,14-15H,4-5,8-10,12H2,1-3H3,(H,20,22). The van der Waals surface area contributed by atoms with Gasteiger partial charge in [0.2, 0.25) is 0 Å². The number of nitrogens with zero attached hydrogens (tertiary/aromatic N) is 1. The number of nitrogens with one attached hydrogen (secondary N) is 1. The molecule has 4 nitrogen and oxygen atoms in total. The van der Waals surface area contributed by atoms with Gasteiger partial charge in [0, 0.05) is 19.6 Å². The molecule has 1 N–H and O–H groups in total. The number of carbonyl (C=O) groups excluding carboxylic acids is 1. The summed E-state index contributed by atoms with van der Waals surface area (Å²) in [6, 6.07) is 5.85. The van der Waals surface area contributed by atoms with Crippen LogP contribution in [0.5, 0.6) is 5.75 Å². The quantitative estimate of drug-likeness (QED) is 0.819. The van der Waals surface area contributed by atoms with E-state index in [0.29, 0.717) is 12.3 Å². The van der Waals surface area contributed by atoms with Gasteiger partial charge in [0.15, 0.2) is 6.10 Å². The maximum absolute atomic E-state index is 12.2. The van der Waals surface area contributed by atoms with Crippen molar-refractivity contribution in [3.63, 3.8) is 0 Å². The first kappa shape index (κ1) is 18.3. The molecule has 0 aromatic heterocycles. The molecule has 0 radical (unpaired) electrons. The molecule has 1 fully saturated rings. The fourth-order valence-corrected chi connectivity index (χ4v) is 3.50. The van der Waals surface area contributed by atoms with E-state index in [2.05, 4.69) is 33.1 Å². The second-order valence-electron chi connectivity index (χ2n) is 6.53. The number of carbonyl (C=O) groups is 1. The fourth-order valence-electron chi connectivity index (χ4n) is 2.92. The van der Waals surface area contributed by atoms with Crippen molar-refractivity contribution in [3.8, 4) is 5.75 Å². The Bertz CT molecular complexity index is 536. The number of aryl methyl sites for hydroxylation is 1. The van der Waals surface area contributed by atoms with Crippen molar-refractivity contribution in [1.29, 1.82) is 0 Å². The molecule has 1 saturated heterocycles. The zero-order valence-electron chi connectivity index (χ0n) is 14.3. The molecule has 2 rings (SSSR count). The molecule has 0 bridgehead atoms. The highest BCUT2D eigenvalue weighted by molar-refractivity contribution is 9.10. The molecule has 0 aliphatic carbocycles. The molecular weight excluding hydrogens is 356 g/mol. The highest BCUT2D eigenvalue weighted by Crippen LogP contribution is 2.26. The van der Waals surface area contributed by atoms with E-state index in [4.69, 9.17) is 4.74 Å². The molecule has 23 heavy (non-hydrogen) atoms. The van der Waals surface area contributed by atoms with Gasteiger partial charge in [0.05, 0.1) is 4.47 Å². The Labute approximate surface area is 147 Å².